The Morgan fingerprint density at radius 1 is 1.35 bits per heavy atom. The summed E-state index contributed by atoms with van der Waals surface area (Å²) in [7, 11) is 0. The average Bonchev–Trinajstić information content (AvgIpc) is 2.49. The standard InChI is InChI=1S/C16H25N3O/c1-2-5-13-8-10-19(11-9-13)12-14-6-3-4-7-15(14)16(20)18-17/h3-4,6-7,13H,2,5,8-12,17H2,1H3,(H,18,20). The van der Waals surface area contributed by atoms with Crippen molar-refractivity contribution in [2.24, 2.45) is 11.8 Å². The van der Waals surface area contributed by atoms with Gasteiger partial charge >= 0.3 is 0 Å². The van der Waals surface area contributed by atoms with Gasteiger partial charge in [0.05, 0.1) is 0 Å². The van der Waals surface area contributed by atoms with E-state index >= 15 is 0 Å². The summed E-state index contributed by atoms with van der Waals surface area (Å²) in [5, 5.41) is 0. The van der Waals surface area contributed by atoms with Crippen molar-refractivity contribution in [1.29, 1.82) is 0 Å². The van der Waals surface area contributed by atoms with Gasteiger partial charge in [-0.2, -0.15) is 0 Å². The van der Waals surface area contributed by atoms with Crippen molar-refractivity contribution in [3.05, 3.63) is 35.4 Å². The van der Waals surface area contributed by atoms with Gasteiger partial charge in [-0.15, -0.1) is 0 Å². The van der Waals surface area contributed by atoms with Gasteiger partial charge < -0.3 is 0 Å². The van der Waals surface area contributed by atoms with Gasteiger partial charge in [0.15, 0.2) is 0 Å². The van der Waals surface area contributed by atoms with Gasteiger partial charge in [-0.3, -0.25) is 15.1 Å². The summed E-state index contributed by atoms with van der Waals surface area (Å²) >= 11 is 0. The fraction of sp³-hybridized carbons (Fsp3) is 0.562. The molecule has 1 heterocycles. The zero-order valence-corrected chi connectivity index (χ0v) is 12.3. The summed E-state index contributed by atoms with van der Waals surface area (Å²) in [5.41, 5.74) is 3.97. The molecule has 0 radical (unpaired) electrons. The number of hydrazine groups is 1. The van der Waals surface area contributed by atoms with Crippen LogP contribution in [0.3, 0.4) is 0 Å². The van der Waals surface area contributed by atoms with Gasteiger partial charge in [0.1, 0.15) is 0 Å². The first kappa shape index (κ1) is 15.0. The van der Waals surface area contributed by atoms with E-state index in [4.69, 9.17) is 5.84 Å². The number of piperidine rings is 1. The molecule has 1 aromatic rings. The van der Waals surface area contributed by atoms with Gasteiger partial charge in [-0.25, -0.2) is 5.84 Å². The maximum absolute atomic E-state index is 11.8. The van der Waals surface area contributed by atoms with Crippen LogP contribution in [0.2, 0.25) is 0 Å². The molecule has 2 rings (SSSR count). The van der Waals surface area contributed by atoms with Crippen LogP contribution in [-0.4, -0.2) is 23.9 Å². The smallest absolute Gasteiger partial charge is 0.265 e. The molecule has 0 aromatic heterocycles. The van der Waals surface area contributed by atoms with E-state index < -0.39 is 0 Å². The lowest BCUT2D eigenvalue weighted by atomic mass is 9.92. The highest BCUT2D eigenvalue weighted by Gasteiger charge is 2.20. The Morgan fingerprint density at radius 2 is 2.05 bits per heavy atom. The Labute approximate surface area is 121 Å². The SMILES string of the molecule is CCCC1CCN(Cc2ccccc2C(=O)NN)CC1. The van der Waals surface area contributed by atoms with Crippen molar-refractivity contribution in [3.63, 3.8) is 0 Å². The predicted octanol–water partition coefficient (Wildman–Crippen LogP) is 2.30. The lowest BCUT2D eigenvalue weighted by Crippen LogP contribution is -2.35. The summed E-state index contributed by atoms with van der Waals surface area (Å²) in [6.07, 6.45) is 5.18. The number of hydrogen-bond acceptors (Lipinski definition) is 3. The summed E-state index contributed by atoms with van der Waals surface area (Å²) in [6.45, 7) is 5.35. The molecule has 4 nitrogen and oxygen atoms in total. The maximum atomic E-state index is 11.8. The number of nitrogens with zero attached hydrogens (tertiary/aromatic N) is 1. The Kier molecular flexibility index (Phi) is 5.56. The highest BCUT2D eigenvalue weighted by molar-refractivity contribution is 5.95. The number of nitrogens with one attached hydrogen (secondary N) is 1. The molecule has 0 bridgehead atoms. The Hall–Kier alpha value is -1.39. The number of hydrogen-bond donors (Lipinski definition) is 2. The minimum atomic E-state index is -0.207. The molecule has 0 saturated carbocycles. The van der Waals surface area contributed by atoms with E-state index in [0.717, 1.165) is 31.1 Å². The first-order chi connectivity index (χ1) is 9.74. The Morgan fingerprint density at radius 3 is 2.70 bits per heavy atom. The zero-order chi connectivity index (χ0) is 14.4. The number of benzene rings is 1. The minimum Gasteiger partial charge on any atom is -0.299 e. The molecular weight excluding hydrogens is 250 g/mol. The van der Waals surface area contributed by atoms with Crippen LogP contribution in [0.15, 0.2) is 24.3 Å². The van der Waals surface area contributed by atoms with Crippen LogP contribution in [0, 0.1) is 5.92 Å². The maximum Gasteiger partial charge on any atom is 0.265 e. The summed E-state index contributed by atoms with van der Waals surface area (Å²) in [4.78, 5) is 14.2. The summed E-state index contributed by atoms with van der Waals surface area (Å²) in [5.74, 6) is 5.93. The van der Waals surface area contributed by atoms with E-state index in [1.807, 2.05) is 24.3 Å². The van der Waals surface area contributed by atoms with Crippen molar-refractivity contribution in [1.82, 2.24) is 10.3 Å². The first-order valence-electron chi connectivity index (χ1n) is 7.55. The minimum absolute atomic E-state index is 0.207. The molecule has 110 valence electrons. The number of rotatable bonds is 5. The number of amides is 1. The third-order valence-corrected chi connectivity index (χ3v) is 4.19. The molecule has 1 aromatic carbocycles. The molecule has 1 aliphatic heterocycles. The summed E-state index contributed by atoms with van der Waals surface area (Å²) < 4.78 is 0. The lowest BCUT2D eigenvalue weighted by molar-refractivity contribution is 0.0950. The third kappa shape index (κ3) is 3.81. The highest BCUT2D eigenvalue weighted by atomic mass is 16.2. The summed E-state index contributed by atoms with van der Waals surface area (Å²) in [6, 6.07) is 7.71. The number of carbonyl (C=O) groups excluding carboxylic acids is 1. The molecule has 1 amide bonds. The van der Waals surface area contributed by atoms with Crippen LogP contribution in [-0.2, 0) is 6.54 Å². The molecule has 20 heavy (non-hydrogen) atoms. The number of nitrogens with two attached hydrogens (primary N) is 1. The number of nitrogen functional groups attached to an aromatic ring is 1. The van der Waals surface area contributed by atoms with E-state index in [2.05, 4.69) is 17.2 Å². The van der Waals surface area contributed by atoms with E-state index in [1.165, 1.54) is 25.7 Å². The van der Waals surface area contributed by atoms with E-state index in [-0.39, 0.29) is 5.91 Å². The van der Waals surface area contributed by atoms with E-state index in [1.54, 1.807) is 0 Å². The van der Waals surface area contributed by atoms with Crippen LogP contribution in [0.4, 0.5) is 0 Å². The van der Waals surface area contributed by atoms with Crippen molar-refractivity contribution in [2.75, 3.05) is 13.1 Å². The molecule has 0 unspecified atom stereocenters. The van der Waals surface area contributed by atoms with Gasteiger partial charge in [-0.1, -0.05) is 38.0 Å². The van der Waals surface area contributed by atoms with Crippen molar-refractivity contribution in [2.45, 2.75) is 39.2 Å². The zero-order valence-electron chi connectivity index (χ0n) is 12.3. The largest absolute Gasteiger partial charge is 0.299 e. The van der Waals surface area contributed by atoms with E-state index in [9.17, 15) is 4.79 Å². The van der Waals surface area contributed by atoms with Gasteiger partial charge in [-0.05, 0) is 43.5 Å². The quantitative estimate of drug-likeness (QED) is 0.492. The second kappa shape index (κ2) is 7.41. The molecule has 3 N–H and O–H groups in total. The molecule has 0 atom stereocenters. The molecule has 1 saturated heterocycles. The van der Waals surface area contributed by atoms with Crippen LogP contribution in [0.25, 0.3) is 0 Å². The van der Waals surface area contributed by atoms with Crippen molar-refractivity contribution in [3.8, 4) is 0 Å². The fourth-order valence-electron chi connectivity index (χ4n) is 3.04. The fourth-order valence-corrected chi connectivity index (χ4v) is 3.04. The van der Waals surface area contributed by atoms with Crippen molar-refractivity contribution < 1.29 is 4.79 Å². The number of likely N-dealkylation sites (tertiary alicyclic amines) is 1. The van der Waals surface area contributed by atoms with Gasteiger partial charge in [0.25, 0.3) is 5.91 Å². The van der Waals surface area contributed by atoms with Crippen LogP contribution in [0.1, 0.15) is 48.5 Å². The molecule has 1 aliphatic rings. The predicted molar refractivity (Wildman–Crippen MR) is 81.0 cm³/mol. The first-order valence-corrected chi connectivity index (χ1v) is 7.55. The van der Waals surface area contributed by atoms with Crippen molar-refractivity contribution >= 4 is 5.91 Å². The van der Waals surface area contributed by atoms with Crippen LogP contribution < -0.4 is 11.3 Å². The van der Waals surface area contributed by atoms with Crippen LogP contribution >= 0.6 is 0 Å². The van der Waals surface area contributed by atoms with E-state index in [0.29, 0.717) is 5.56 Å². The molecule has 0 aliphatic carbocycles. The monoisotopic (exact) mass is 275 g/mol. The topological polar surface area (TPSA) is 58.4 Å². The normalized spacial score (nSPS) is 17.1. The van der Waals surface area contributed by atoms with Gasteiger partial charge in [0.2, 0.25) is 0 Å². The third-order valence-electron chi connectivity index (χ3n) is 4.19. The number of carbonyl (C=O) groups is 1. The Balaban J connectivity index is 1.96. The lowest BCUT2D eigenvalue weighted by Gasteiger charge is -2.32. The molecule has 1 fully saturated rings. The second-order valence-corrected chi connectivity index (χ2v) is 5.64. The highest BCUT2D eigenvalue weighted by Crippen LogP contribution is 2.23. The molecule has 0 spiro atoms. The van der Waals surface area contributed by atoms with Gasteiger partial charge in [0, 0.05) is 12.1 Å². The molecular formula is C16H25N3O. The second-order valence-electron chi connectivity index (χ2n) is 5.64. The Bertz CT molecular complexity index is 439. The average molecular weight is 275 g/mol. The molecule has 4 heteroatoms. The van der Waals surface area contributed by atoms with Crippen LogP contribution in [0.5, 0.6) is 0 Å².